The Kier molecular flexibility index (Phi) is 5.65. The number of carbonyl (C=O) groups is 1. The van der Waals surface area contributed by atoms with Crippen molar-refractivity contribution in [2.75, 3.05) is 20.7 Å². The van der Waals surface area contributed by atoms with Gasteiger partial charge in [0.2, 0.25) is 5.91 Å². The van der Waals surface area contributed by atoms with E-state index in [0.29, 0.717) is 18.6 Å². The van der Waals surface area contributed by atoms with Crippen molar-refractivity contribution in [1.82, 2.24) is 10.6 Å². The molecule has 1 amide bonds. The van der Waals surface area contributed by atoms with Gasteiger partial charge in [0.1, 0.15) is 0 Å². The van der Waals surface area contributed by atoms with Crippen LogP contribution in [0.5, 0.6) is 0 Å². The molecular weight excluding hydrogens is 192 g/mol. The molecule has 0 radical (unpaired) electrons. The third-order valence-corrected chi connectivity index (χ3v) is 3.02. The van der Waals surface area contributed by atoms with Gasteiger partial charge in [-0.15, -0.1) is 0 Å². The quantitative estimate of drug-likeness (QED) is 0.707. The average Bonchev–Trinajstić information content (AvgIpc) is 2.29. The summed E-state index contributed by atoms with van der Waals surface area (Å²) in [4.78, 5) is 11.0. The summed E-state index contributed by atoms with van der Waals surface area (Å²) < 4.78 is 5.35. The molecule has 1 aliphatic rings. The Morgan fingerprint density at radius 3 is 2.93 bits per heavy atom. The standard InChI is InChI=1S/C11H22N2O2/c1-12-11(14)6-7-13-9-4-3-5-10(8-9)15-2/h9-10,13H,3-8H2,1-2H3,(H,12,14). The van der Waals surface area contributed by atoms with Crippen molar-refractivity contribution in [2.45, 2.75) is 44.2 Å². The lowest BCUT2D eigenvalue weighted by atomic mass is 9.93. The fraction of sp³-hybridized carbons (Fsp3) is 0.909. The zero-order valence-electron chi connectivity index (χ0n) is 9.71. The van der Waals surface area contributed by atoms with Crippen molar-refractivity contribution in [1.29, 1.82) is 0 Å². The lowest BCUT2D eigenvalue weighted by molar-refractivity contribution is -0.120. The fourth-order valence-corrected chi connectivity index (χ4v) is 2.06. The van der Waals surface area contributed by atoms with Crippen LogP contribution >= 0.6 is 0 Å². The predicted molar refractivity (Wildman–Crippen MR) is 59.7 cm³/mol. The van der Waals surface area contributed by atoms with Gasteiger partial charge in [0, 0.05) is 33.2 Å². The van der Waals surface area contributed by atoms with E-state index in [1.807, 2.05) is 0 Å². The first-order valence-electron chi connectivity index (χ1n) is 5.73. The van der Waals surface area contributed by atoms with Crippen LogP contribution in [-0.4, -0.2) is 38.8 Å². The van der Waals surface area contributed by atoms with Crippen LogP contribution in [-0.2, 0) is 9.53 Å². The molecule has 2 atom stereocenters. The van der Waals surface area contributed by atoms with Crippen molar-refractivity contribution >= 4 is 5.91 Å². The Bertz CT molecular complexity index is 197. The molecule has 0 saturated heterocycles. The van der Waals surface area contributed by atoms with Gasteiger partial charge >= 0.3 is 0 Å². The maximum Gasteiger partial charge on any atom is 0.221 e. The molecular formula is C11H22N2O2. The number of hydrogen-bond acceptors (Lipinski definition) is 3. The van der Waals surface area contributed by atoms with Gasteiger partial charge in [0.05, 0.1) is 6.10 Å². The molecule has 1 rings (SSSR count). The second-order valence-corrected chi connectivity index (χ2v) is 4.10. The van der Waals surface area contributed by atoms with Crippen LogP contribution in [0.3, 0.4) is 0 Å². The van der Waals surface area contributed by atoms with Gasteiger partial charge in [-0.2, -0.15) is 0 Å². The van der Waals surface area contributed by atoms with Crippen LogP contribution in [0.1, 0.15) is 32.1 Å². The Hall–Kier alpha value is -0.610. The lowest BCUT2D eigenvalue weighted by Gasteiger charge is -2.28. The van der Waals surface area contributed by atoms with E-state index in [9.17, 15) is 4.79 Å². The van der Waals surface area contributed by atoms with Crippen molar-refractivity contribution in [3.8, 4) is 0 Å². The Balaban J connectivity index is 2.12. The molecule has 0 aliphatic heterocycles. The summed E-state index contributed by atoms with van der Waals surface area (Å²) in [6.45, 7) is 0.765. The first-order chi connectivity index (χ1) is 7.26. The van der Waals surface area contributed by atoms with Gasteiger partial charge in [-0.25, -0.2) is 0 Å². The average molecular weight is 214 g/mol. The summed E-state index contributed by atoms with van der Waals surface area (Å²) in [6, 6.07) is 0.522. The summed E-state index contributed by atoms with van der Waals surface area (Å²) in [5.74, 6) is 0.0987. The second-order valence-electron chi connectivity index (χ2n) is 4.10. The SMILES string of the molecule is CNC(=O)CCNC1CCCC(OC)C1. The molecule has 0 bridgehead atoms. The highest BCUT2D eigenvalue weighted by Gasteiger charge is 2.20. The van der Waals surface area contributed by atoms with Gasteiger partial charge in [-0.05, 0) is 25.7 Å². The zero-order chi connectivity index (χ0) is 11.1. The van der Waals surface area contributed by atoms with E-state index in [1.54, 1.807) is 14.2 Å². The maximum atomic E-state index is 11.0. The number of nitrogens with one attached hydrogen (secondary N) is 2. The van der Waals surface area contributed by atoms with E-state index in [1.165, 1.54) is 19.3 Å². The van der Waals surface area contributed by atoms with E-state index in [-0.39, 0.29) is 5.91 Å². The topological polar surface area (TPSA) is 50.4 Å². The summed E-state index contributed by atoms with van der Waals surface area (Å²) in [6.07, 6.45) is 5.62. The molecule has 88 valence electrons. The minimum Gasteiger partial charge on any atom is -0.381 e. The molecule has 1 aliphatic carbocycles. The Morgan fingerprint density at radius 2 is 2.27 bits per heavy atom. The zero-order valence-corrected chi connectivity index (χ0v) is 9.71. The van der Waals surface area contributed by atoms with E-state index < -0.39 is 0 Å². The van der Waals surface area contributed by atoms with Gasteiger partial charge in [-0.1, -0.05) is 0 Å². The first kappa shape index (κ1) is 12.5. The third kappa shape index (κ3) is 4.62. The molecule has 1 saturated carbocycles. The van der Waals surface area contributed by atoms with E-state index >= 15 is 0 Å². The fourth-order valence-electron chi connectivity index (χ4n) is 2.06. The number of hydrogen-bond donors (Lipinski definition) is 2. The van der Waals surface area contributed by atoms with Crippen LogP contribution < -0.4 is 10.6 Å². The molecule has 0 spiro atoms. The molecule has 4 nitrogen and oxygen atoms in total. The number of carbonyl (C=O) groups excluding carboxylic acids is 1. The first-order valence-corrected chi connectivity index (χ1v) is 5.73. The van der Waals surface area contributed by atoms with Gasteiger partial charge in [0.25, 0.3) is 0 Å². The molecule has 0 heterocycles. The van der Waals surface area contributed by atoms with Crippen LogP contribution in [0.15, 0.2) is 0 Å². The molecule has 2 N–H and O–H groups in total. The monoisotopic (exact) mass is 214 g/mol. The summed E-state index contributed by atoms with van der Waals surface area (Å²) in [7, 11) is 3.45. The third-order valence-electron chi connectivity index (χ3n) is 3.02. The molecule has 15 heavy (non-hydrogen) atoms. The number of ether oxygens (including phenoxy) is 1. The summed E-state index contributed by atoms with van der Waals surface area (Å²) >= 11 is 0. The molecule has 1 fully saturated rings. The second kappa shape index (κ2) is 6.80. The van der Waals surface area contributed by atoms with E-state index in [4.69, 9.17) is 4.74 Å². The number of rotatable bonds is 5. The molecule has 0 aromatic heterocycles. The van der Waals surface area contributed by atoms with Gasteiger partial charge in [0.15, 0.2) is 0 Å². The molecule has 2 unspecified atom stereocenters. The van der Waals surface area contributed by atoms with E-state index in [2.05, 4.69) is 10.6 Å². The van der Waals surface area contributed by atoms with Crippen molar-refractivity contribution in [2.24, 2.45) is 0 Å². The van der Waals surface area contributed by atoms with Crippen LogP contribution in [0, 0.1) is 0 Å². The molecule has 0 aromatic carbocycles. The number of amides is 1. The smallest absolute Gasteiger partial charge is 0.221 e. The highest BCUT2D eigenvalue weighted by atomic mass is 16.5. The minimum absolute atomic E-state index is 0.0987. The predicted octanol–water partition coefficient (Wildman–Crippen LogP) is 0.670. The van der Waals surface area contributed by atoms with Crippen molar-refractivity contribution in [3.05, 3.63) is 0 Å². The van der Waals surface area contributed by atoms with Crippen LogP contribution in [0.25, 0.3) is 0 Å². The minimum atomic E-state index is 0.0987. The lowest BCUT2D eigenvalue weighted by Crippen LogP contribution is -2.38. The molecule has 4 heteroatoms. The Morgan fingerprint density at radius 1 is 1.47 bits per heavy atom. The highest BCUT2D eigenvalue weighted by Crippen LogP contribution is 2.20. The largest absolute Gasteiger partial charge is 0.381 e. The van der Waals surface area contributed by atoms with Crippen molar-refractivity contribution in [3.63, 3.8) is 0 Å². The van der Waals surface area contributed by atoms with E-state index in [0.717, 1.165) is 13.0 Å². The Labute approximate surface area is 91.8 Å². The maximum absolute atomic E-state index is 11.0. The van der Waals surface area contributed by atoms with Gasteiger partial charge < -0.3 is 15.4 Å². The number of methoxy groups -OCH3 is 1. The summed E-state index contributed by atoms with van der Waals surface area (Å²) in [5.41, 5.74) is 0. The summed E-state index contributed by atoms with van der Waals surface area (Å²) in [5, 5.41) is 6.03. The van der Waals surface area contributed by atoms with Crippen molar-refractivity contribution < 1.29 is 9.53 Å². The van der Waals surface area contributed by atoms with Crippen LogP contribution in [0.4, 0.5) is 0 Å². The van der Waals surface area contributed by atoms with Gasteiger partial charge in [-0.3, -0.25) is 4.79 Å². The highest BCUT2D eigenvalue weighted by molar-refractivity contribution is 5.75. The molecule has 0 aromatic rings. The van der Waals surface area contributed by atoms with Crippen LogP contribution in [0.2, 0.25) is 0 Å². The normalized spacial score (nSPS) is 26.3.